The van der Waals surface area contributed by atoms with Crippen molar-refractivity contribution >= 4 is 9.24 Å². The summed E-state index contributed by atoms with van der Waals surface area (Å²) in [6.07, 6.45) is 0. The Morgan fingerprint density at radius 3 is 2.00 bits per heavy atom. The van der Waals surface area contributed by atoms with Crippen molar-refractivity contribution in [2.75, 3.05) is 0 Å². The molecule has 1 aromatic rings. The molecule has 0 aliphatic rings. The Labute approximate surface area is 106 Å². The van der Waals surface area contributed by atoms with Gasteiger partial charge in [0.25, 0.3) is 0 Å². The van der Waals surface area contributed by atoms with Crippen molar-refractivity contribution in [3.63, 3.8) is 0 Å². The summed E-state index contributed by atoms with van der Waals surface area (Å²) in [4.78, 5) is 0. The zero-order valence-corrected chi connectivity index (χ0v) is 9.50. The molecule has 2 unspecified atom stereocenters. The Kier molecular flexibility index (Phi) is 6.55. The van der Waals surface area contributed by atoms with E-state index in [1.165, 1.54) is 5.56 Å². The van der Waals surface area contributed by atoms with E-state index in [2.05, 4.69) is 40.4 Å². The molecule has 2 atom stereocenters. The Morgan fingerprint density at radius 1 is 1.20 bits per heavy atom. The SMILES string of the molecule is CC(P)c1ccccc1.[Eu]. The van der Waals surface area contributed by atoms with Crippen molar-refractivity contribution in [2.45, 2.75) is 12.6 Å². The third kappa shape index (κ3) is 3.57. The van der Waals surface area contributed by atoms with Crippen molar-refractivity contribution in [2.24, 2.45) is 0 Å². The predicted octanol–water partition coefficient (Wildman–Crippen LogP) is 2.62. The number of rotatable bonds is 1. The summed E-state index contributed by atoms with van der Waals surface area (Å²) in [7, 11) is 2.77. The van der Waals surface area contributed by atoms with E-state index in [9.17, 15) is 0 Å². The van der Waals surface area contributed by atoms with Crippen LogP contribution >= 0.6 is 9.24 Å². The molecule has 0 aliphatic carbocycles. The van der Waals surface area contributed by atoms with Crippen molar-refractivity contribution < 1.29 is 49.4 Å². The average Bonchev–Trinajstić information content (AvgIpc) is 1.90. The first-order valence-corrected chi connectivity index (χ1v) is 3.78. The van der Waals surface area contributed by atoms with E-state index in [4.69, 9.17) is 0 Å². The first-order chi connectivity index (χ1) is 4.30. The summed E-state index contributed by atoms with van der Waals surface area (Å²) in [5.74, 6) is 0. The first-order valence-electron chi connectivity index (χ1n) is 3.11. The summed E-state index contributed by atoms with van der Waals surface area (Å²) in [5, 5.41) is 0. The van der Waals surface area contributed by atoms with Gasteiger partial charge in [-0.05, 0) is 11.2 Å². The van der Waals surface area contributed by atoms with Crippen LogP contribution in [0.3, 0.4) is 0 Å². The minimum Gasteiger partial charge on any atom is -0.130 e. The molecule has 2 heteroatoms. The fraction of sp³-hybridized carbons (Fsp3) is 0.250. The molecule has 1 rings (SSSR count). The molecule has 0 fully saturated rings. The number of hydrogen-bond donors (Lipinski definition) is 0. The standard InChI is InChI=1S/C8H11P.Eu/c1-7(9)8-5-3-2-4-6-8;/h2-7H,9H2,1H3;. The van der Waals surface area contributed by atoms with Crippen LogP contribution in [0.4, 0.5) is 0 Å². The van der Waals surface area contributed by atoms with Gasteiger partial charge in [0.1, 0.15) is 0 Å². The molecule has 0 spiro atoms. The summed E-state index contributed by atoms with van der Waals surface area (Å²) >= 11 is 0. The van der Waals surface area contributed by atoms with Gasteiger partial charge in [0.2, 0.25) is 0 Å². The zero-order chi connectivity index (χ0) is 6.69. The molecule has 1 radical (unpaired) electrons. The van der Waals surface area contributed by atoms with E-state index in [0.717, 1.165) is 0 Å². The van der Waals surface area contributed by atoms with Crippen molar-refractivity contribution in [3.05, 3.63) is 35.9 Å². The van der Waals surface area contributed by atoms with Gasteiger partial charge < -0.3 is 0 Å². The van der Waals surface area contributed by atoms with Crippen LogP contribution in [0.1, 0.15) is 18.1 Å². The van der Waals surface area contributed by atoms with Gasteiger partial charge in [-0.15, -0.1) is 9.24 Å². The Morgan fingerprint density at radius 2 is 1.70 bits per heavy atom. The van der Waals surface area contributed by atoms with Gasteiger partial charge in [-0.25, -0.2) is 0 Å². The zero-order valence-electron chi connectivity index (χ0n) is 5.92. The van der Waals surface area contributed by atoms with E-state index >= 15 is 0 Å². The molecule has 0 aromatic heterocycles. The molecule has 1 aromatic carbocycles. The molecule has 0 bridgehead atoms. The maximum atomic E-state index is 2.77. The molecular weight excluding hydrogens is 279 g/mol. The Hall–Kier alpha value is 1.23. The molecule has 0 heterocycles. The van der Waals surface area contributed by atoms with Crippen molar-refractivity contribution in [3.8, 4) is 0 Å². The number of benzene rings is 1. The summed E-state index contributed by atoms with van der Waals surface area (Å²) in [6, 6.07) is 10.4. The van der Waals surface area contributed by atoms with E-state index in [-0.39, 0.29) is 49.4 Å². The van der Waals surface area contributed by atoms with E-state index < -0.39 is 0 Å². The molecule has 10 heavy (non-hydrogen) atoms. The van der Waals surface area contributed by atoms with Crippen molar-refractivity contribution in [1.82, 2.24) is 0 Å². The second-order valence-electron chi connectivity index (χ2n) is 2.20. The van der Waals surface area contributed by atoms with Gasteiger partial charge in [-0.2, -0.15) is 0 Å². The molecule has 0 saturated heterocycles. The second-order valence-corrected chi connectivity index (χ2v) is 3.20. The fourth-order valence-electron chi connectivity index (χ4n) is 0.757. The minimum atomic E-state index is 0. The van der Waals surface area contributed by atoms with Crippen LogP contribution in [0, 0.1) is 49.4 Å². The normalized spacial score (nSPS) is 11.8. The molecular formula is C8H11EuP. The summed E-state index contributed by atoms with van der Waals surface area (Å²) in [6.45, 7) is 2.17. The van der Waals surface area contributed by atoms with Crippen LogP contribution in [0.15, 0.2) is 30.3 Å². The Balaban J connectivity index is 0.000000810. The van der Waals surface area contributed by atoms with Gasteiger partial charge in [0.05, 0.1) is 0 Å². The summed E-state index contributed by atoms with van der Waals surface area (Å²) < 4.78 is 0. The predicted molar refractivity (Wildman–Crippen MR) is 44.6 cm³/mol. The maximum absolute atomic E-state index is 2.77. The van der Waals surface area contributed by atoms with Crippen LogP contribution in [0.5, 0.6) is 0 Å². The van der Waals surface area contributed by atoms with Gasteiger partial charge in [0, 0.05) is 49.4 Å². The topological polar surface area (TPSA) is 0 Å². The second kappa shape index (κ2) is 5.83. The van der Waals surface area contributed by atoms with E-state index in [1.807, 2.05) is 6.07 Å². The van der Waals surface area contributed by atoms with E-state index in [1.54, 1.807) is 0 Å². The molecule has 0 nitrogen and oxygen atoms in total. The quantitative estimate of drug-likeness (QED) is 0.698. The monoisotopic (exact) mass is 291 g/mol. The van der Waals surface area contributed by atoms with Gasteiger partial charge >= 0.3 is 0 Å². The molecule has 0 amide bonds. The average molecular weight is 290 g/mol. The van der Waals surface area contributed by atoms with Crippen molar-refractivity contribution in [1.29, 1.82) is 0 Å². The number of hydrogen-bond acceptors (Lipinski definition) is 0. The van der Waals surface area contributed by atoms with Crippen LogP contribution in [-0.4, -0.2) is 0 Å². The molecule has 0 aliphatic heterocycles. The van der Waals surface area contributed by atoms with Crippen LogP contribution in [0.25, 0.3) is 0 Å². The minimum absolute atomic E-state index is 0. The third-order valence-electron chi connectivity index (χ3n) is 1.33. The van der Waals surface area contributed by atoms with Gasteiger partial charge in [-0.3, -0.25) is 0 Å². The molecule has 55 valence electrons. The molecule has 0 N–H and O–H groups in total. The fourth-order valence-corrected chi connectivity index (χ4v) is 0.979. The molecule has 0 saturated carbocycles. The van der Waals surface area contributed by atoms with Crippen LogP contribution in [0.2, 0.25) is 0 Å². The Bertz CT molecular complexity index is 172. The van der Waals surface area contributed by atoms with Crippen LogP contribution < -0.4 is 0 Å². The smallest absolute Gasteiger partial charge is 0 e. The largest absolute Gasteiger partial charge is 0.130 e. The maximum Gasteiger partial charge on any atom is 0 e. The first kappa shape index (κ1) is 11.2. The van der Waals surface area contributed by atoms with Gasteiger partial charge in [-0.1, -0.05) is 37.3 Å². The third-order valence-corrected chi connectivity index (χ3v) is 1.71. The summed E-state index contributed by atoms with van der Waals surface area (Å²) in [5.41, 5.74) is 1.95. The van der Waals surface area contributed by atoms with Gasteiger partial charge in [0.15, 0.2) is 0 Å². The van der Waals surface area contributed by atoms with Crippen LogP contribution in [-0.2, 0) is 0 Å². The van der Waals surface area contributed by atoms with E-state index in [0.29, 0.717) is 5.66 Å².